The molecule has 2 bridgehead atoms. The first-order valence-electron chi connectivity index (χ1n) is 15.8. The third-order valence-corrected chi connectivity index (χ3v) is 12.1. The number of hydrogen-bond donors (Lipinski definition) is 6. The van der Waals surface area contributed by atoms with Crippen LogP contribution in [0.2, 0.25) is 0 Å². The molecule has 266 valence electrons. The van der Waals surface area contributed by atoms with Crippen LogP contribution in [0.5, 0.6) is 0 Å². The summed E-state index contributed by atoms with van der Waals surface area (Å²) in [7, 11) is 0. The number of aliphatic hydroxyl groups excluding tert-OH is 3. The third kappa shape index (κ3) is 6.99. The van der Waals surface area contributed by atoms with Crippen LogP contribution in [-0.2, 0) is 28.6 Å². The van der Waals surface area contributed by atoms with Gasteiger partial charge in [-0.05, 0) is 42.4 Å². The number of nitrogens with one attached hydrogen (secondary N) is 1. The molecule has 5 rings (SSSR count). The van der Waals surface area contributed by atoms with Crippen molar-refractivity contribution in [3.05, 3.63) is 33.5 Å². The molecule has 3 fully saturated rings. The van der Waals surface area contributed by atoms with E-state index in [-0.39, 0.29) is 112 Å². The number of ketones is 1. The molecule has 16 heteroatoms. The number of Topliss-reactive ketones (excluding diaryl/α,β-unsaturated/α-hetero) is 1. The quantitative estimate of drug-likeness (QED) is 0.165. The van der Waals surface area contributed by atoms with Gasteiger partial charge in [0, 0.05) is 119 Å². The molecule has 0 spiro atoms. The van der Waals surface area contributed by atoms with Crippen LogP contribution in [0, 0.1) is 111 Å². The van der Waals surface area contributed by atoms with Crippen LogP contribution in [0.25, 0.3) is 0 Å². The molecule has 2 saturated carbocycles. The van der Waals surface area contributed by atoms with Gasteiger partial charge in [0.15, 0.2) is 11.9 Å². The Morgan fingerprint density at radius 3 is 2.24 bits per heavy atom. The van der Waals surface area contributed by atoms with Gasteiger partial charge in [-0.3, -0.25) is 14.4 Å². The van der Waals surface area contributed by atoms with Gasteiger partial charge in [-0.1, -0.05) is 33.8 Å². The van der Waals surface area contributed by atoms with Crippen LogP contribution >= 0.6 is 11.3 Å². The topological polar surface area (TPSA) is 209 Å². The molecule has 1 aromatic rings. The summed E-state index contributed by atoms with van der Waals surface area (Å²) in [5, 5.41) is 63.5. The number of aliphatic hydroxyl groups is 5. The molecule has 4 aliphatic rings. The molecule has 0 unspecified atom stereocenters. The van der Waals surface area contributed by atoms with E-state index in [9.17, 15) is 44.7 Å². The standard InChI is InChI=1S/C33H45NO12S.2Ac/c1-14(2)22(34-28(40)18-9-8-10-47-18)24(38)29(41)46-17-12-33(43)27(45-16(4)35)25-31(7,19(36)11-20-32(25,42)13-44-20)26(39)23(37)21(15(17)3)30(33,5)6;;/h8-10,14,17,19-20,22-25,27,36-38,42-43H,11-13H2,1-7H3,(H,34,40);;/t17-,19-,20+,22-,23+,24+,25-,27-,31+,32-,33+;;/m0../s1. The summed E-state index contributed by atoms with van der Waals surface area (Å²) >= 11 is 1.19. The van der Waals surface area contributed by atoms with Gasteiger partial charge < -0.3 is 45.1 Å². The second-order valence-corrected chi connectivity index (χ2v) is 15.5. The van der Waals surface area contributed by atoms with Gasteiger partial charge in [-0.2, -0.15) is 0 Å². The third-order valence-electron chi connectivity index (χ3n) is 11.3. The van der Waals surface area contributed by atoms with Crippen molar-refractivity contribution in [1.82, 2.24) is 5.32 Å². The summed E-state index contributed by atoms with van der Waals surface area (Å²) in [5.41, 5.74) is -7.20. The van der Waals surface area contributed by atoms with Crippen LogP contribution in [-0.4, -0.2) is 110 Å². The van der Waals surface area contributed by atoms with Gasteiger partial charge in [0.2, 0.25) is 0 Å². The van der Waals surface area contributed by atoms with E-state index in [2.05, 4.69) is 5.32 Å². The zero-order valence-corrected chi connectivity index (χ0v) is 39.0. The molecule has 1 amide bonds. The Hall–Kier alpha value is 0.163. The number of amides is 1. The van der Waals surface area contributed by atoms with Crippen molar-refractivity contribution < 1.29 is 147 Å². The average molecular weight is 1130 g/mol. The normalized spacial score (nSPS) is 37.4. The van der Waals surface area contributed by atoms with Crippen molar-refractivity contribution in [2.75, 3.05) is 6.61 Å². The molecular weight excluding hydrogens is 1090 g/mol. The monoisotopic (exact) mass is 1130 g/mol. The van der Waals surface area contributed by atoms with Crippen LogP contribution in [0.4, 0.5) is 0 Å². The maximum atomic E-state index is 14.3. The Morgan fingerprint density at radius 2 is 1.73 bits per heavy atom. The SMILES string of the molecule is CC(=O)O[C@H]1[C@@H]2[C@]3(O)CO[C@@H]3C[C@H](O)[C@@]2(C)C(=O)[C@H](O)C2=C(C)[C@@H](OC(=O)[C@H](O)[C@@H](NC(=O)c3cccs3)C(C)C)C[C@]1(O)C2(C)C.[Ac].[Ac]. The fourth-order valence-corrected chi connectivity index (χ4v) is 9.02. The van der Waals surface area contributed by atoms with E-state index < -0.39 is 107 Å². The van der Waals surface area contributed by atoms with Crippen molar-refractivity contribution >= 4 is 35.0 Å². The predicted molar refractivity (Wildman–Crippen MR) is 166 cm³/mol. The number of rotatable bonds is 7. The molecule has 6 N–H and O–H groups in total. The molecule has 3 aliphatic carbocycles. The number of esters is 2. The number of ether oxygens (including phenoxy) is 3. The predicted octanol–water partition coefficient (Wildman–Crippen LogP) is 0.645. The molecule has 1 aliphatic heterocycles. The van der Waals surface area contributed by atoms with Crippen LogP contribution in [0.3, 0.4) is 0 Å². The van der Waals surface area contributed by atoms with Crippen LogP contribution in [0.1, 0.15) is 71.0 Å². The van der Waals surface area contributed by atoms with E-state index in [1.54, 1.807) is 45.2 Å². The largest absolute Gasteiger partial charge is 0.459 e. The smallest absolute Gasteiger partial charge is 0.337 e. The van der Waals surface area contributed by atoms with Crippen LogP contribution < -0.4 is 5.32 Å². The first-order chi connectivity index (χ1) is 21.7. The van der Waals surface area contributed by atoms with Gasteiger partial charge in [0.25, 0.3) is 5.91 Å². The molecule has 1 saturated heterocycles. The van der Waals surface area contributed by atoms with Gasteiger partial charge in [-0.25, -0.2) is 4.79 Å². The Bertz CT molecular complexity index is 1490. The first kappa shape index (κ1) is 43.6. The van der Waals surface area contributed by atoms with E-state index in [1.807, 2.05) is 0 Å². The fourth-order valence-electron chi connectivity index (χ4n) is 8.39. The molecule has 2 radical (unpaired) electrons. The van der Waals surface area contributed by atoms with Gasteiger partial charge >= 0.3 is 11.9 Å². The van der Waals surface area contributed by atoms with Gasteiger partial charge in [0.05, 0.1) is 35.1 Å². The number of thiophene rings is 1. The summed E-state index contributed by atoms with van der Waals surface area (Å²) in [5.74, 6) is -5.17. The van der Waals surface area contributed by atoms with Crippen LogP contribution in [0.15, 0.2) is 28.7 Å². The molecule has 0 aromatic carbocycles. The first-order valence-corrected chi connectivity index (χ1v) is 16.7. The molecule has 1 aromatic heterocycles. The van der Waals surface area contributed by atoms with Gasteiger partial charge in [0.1, 0.15) is 29.5 Å². The minimum atomic E-state index is -2.20. The van der Waals surface area contributed by atoms with E-state index in [0.29, 0.717) is 4.88 Å². The number of carbonyl (C=O) groups excluding carboxylic acids is 4. The summed E-state index contributed by atoms with van der Waals surface area (Å²) in [6.45, 7) is 10.3. The molecule has 49 heavy (non-hydrogen) atoms. The Kier molecular flexibility index (Phi) is 13.8. The summed E-state index contributed by atoms with van der Waals surface area (Å²) in [6.07, 6.45) is -9.68. The summed E-state index contributed by atoms with van der Waals surface area (Å²) in [4.78, 5) is 53.7. The van der Waals surface area contributed by atoms with Crippen molar-refractivity contribution in [3.63, 3.8) is 0 Å². The molecule has 11 atom stereocenters. The van der Waals surface area contributed by atoms with E-state index >= 15 is 0 Å². The fraction of sp³-hybridized carbons (Fsp3) is 0.697. The summed E-state index contributed by atoms with van der Waals surface area (Å²) < 4.78 is 17.2. The Labute approximate surface area is 361 Å². The minimum absolute atomic E-state index is 0. The Balaban J connectivity index is 0.00000325. The van der Waals surface area contributed by atoms with Crippen molar-refractivity contribution in [2.45, 2.75) is 115 Å². The van der Waals surface area contributed by atoms with Crippen molar-refractivity contribution in [2.24, 2.45) is 22.7 Å². The second-order valence-electron chi connectivity index (χ2n) is 14.5. The maximum Gasteiger partial charge on any atom is 0.337 e. The average Bonchev–Trinajstić information content (AvgIpc) is 3.53. The minimum Gasteiger partial charge on any atom is -0.459 e. The zero-order chi connectivity index (χ0) is 35.0. The van der Waals surface area contributed by atoms with E-state index in [0.717, 1.165) is 6.92 Å². The van der Waals surface area contributed by atoms with Gasteiger partial charge in [-0.15, -0.1) is 11.3 Å². The molecule has 2 heterocycles. The van der Waals surface area contributed by atoms with Crippen molar-refractivity contribution in [3.8, 4) is 0 Å². The van der Waals surface area contributed by atoms with E-state index in [4.69, 9.17) is 14.2 Å². The molecule has 13 nitrogen and oxygen atoms in total. The number of carbonyl (C=O) groups is 4. The number of fused-ring (bicyclic) bond motifs is 5. The number of hydrogen-bond acceptors (Lipinski definition) is 13. The Morgan fingerprint density at radius 1 is 1.10 bits per heavy atom. The van der Waals surface area contributed by atoms with Crippen molar-refractivity contribution in [1.29, 1.82) is 0 Å². The second kappa shape index (κ2) is 15.5. The summed E-state index contributed by atoms with van der Waals surface area (Å²) in [6, 6.07) is 2.23. The zero-order valence-electron chi connectivity index (χ0n) is 28.7. The molecular formula is C33H45Ac2NO12S. The van der Waals surface area contributed by atoms with E-state index in [1.165, 1.54) is 25.2 Å². The maximum absolute atomic E-state index is 14.3.